The van der Waals surface area contributed by atoms with E-state index in [-0.39, 0.29) is 4.60 Å². The van der Waals surface area contributed by atoms with Crippen LogP contribution in [0.2, 0.25) is 0 Å². The molecule has 2 N–H and O–H groups in total. The molecule has 0 aliphatic heterocycles. The molecule has 0 atom stereocenters. The molecule has 1 heterocycles. The summed E-state index contributed by atoms with van der Waals surface area (Å²) in [5.41, 5.74) is -0.713. The van der Waals surface area contributed by atoms with Crippen molar-refractivity contribution in [2.24, 2.45) is 5.14 Å². The van der Waals surface area contributed by atoms with Gasteiger partial charge in [-0.3, -0.25) is 0 Å². The van der Waals surface area contributed by atoms with Gasteiger partial charge in [0, 0.05) is 6.20 Å². The van der Waals surface area contributed by atoms with Crippen LogP contribution >= 0.6 is 15.9 Å². The van der Waals surface area contributed by atoms with Crippen molar-refractivity contribution in [3.63, 3.8) is 0 Å². The normalized spacial score (nSPS) is 12.1. The van der Waals surface area contributed by atoms with Gasteiger partial charge in [0.1, 0.15) is 4.60 Å². The number of hydrogen-bond donors (Lipinski definition) is 1. The second-order valence-corrected chi connectivity index (χ2v) is 4.64. The van der Waals surface area contributed by atoms with E-state index in [0.717, 1.165) is 12.3 Å². The fourth-order valence-electron chi connectivity index (χ4n) is 0.877. The first-order chi connectivity index (χ1) is 6.34. The van der Waals surface area contributed by atoms with Crippen molar-refractivity contribution in [1.29, 1.82) is 0 Å². The summed E-state index contributed by atoms with van der Waals surface area (Å²) in [5.74, 6) is 0. The molecule has 0 saturated carbocycles. The van der Waals surface area contributed by atoms with E-state index in [0.29, 0.717) is 0 Å². The van der Waals surface area contributed by atoms with Crippen LogP contribution in [0.4, 0.5) is 8.78 Å². The average molecular weight is 287 g/mol. The van der Waals surface area contributed by atoms with Crippen LogP contribution in [0.3, 0.4) is 0 Å². The number of alkyl halides is 2. The third-order valence-corrected chi connectivity index (χ3v) is 3.03. The maximum Gasteiger partial charge on any atom is 0.267 e. The van der Waals surface area contributed by atoms with E-state index >= 15 is 0 Å². The van der Waals surface area contributed by atoms with Crippen LogP contribution in [-0.2, 0) is 10.0 Å². The van der Waals surface area contributed by atoms with Crippen LogP contribution in [0, 0.1) is 0 Å². The minimum absolute atomic E-state index is 0.223. The summed E-state index contributed by atoms with van der Waals surface area (Å²) >= 11 is 2.73. The number of pyridine rings is 1. The lowest BCUT2D eigenvalue weighted by molar-refractivity contribution is 0.146. The number of nitrogens with zero attached hydrogens (tertiary/aromatic N) is 1. The topological polar surface area (TPSA) is 73.1 Å². The van der Waals surface area contributed by atoms with Crippen LogP contribution in [0.15, 0.2) is 21.8 Å². The Balaban J connectivity index is 3.52. The molecule has 0 spiro atoms. The van der Waals surface area contributed by atoms with Crippen LogP contribution in [0.5, 0.6) is 0 Å². The fourth-order valence-corrected chi connectivity index (χ4v) is 2.26. The van der Waals surface area contributed by atoms with Gasteiger partial charge in [-0.1, -0.05) is 0 Å². The number of rotatable bonds is 2. The Kier molecular flexibility index (Phi) is 3.17. The number of aromatic nitrogens is 1. The van der Waals surface area contributed by atoms with Gasteiger partial charge in [0.2, 0.25) is 10.0 Å². The Hall–Kier alpha value is -0.600. The summed E-state index contributed by atoms with van der Waals surface area (Å²) in [4.78, 5) is 2.87. The molecule has 14 heavy (non-hydrogen) atoms. The molecule has 1 aromatic rings. The molecule has 1 aromatic heterocycles. The van der Waals surface area contributed by atoms with Crippen molar-refractivity contribution >= 4 is 26.0 Å². The zero-order chi connectivity index (χ0) is 10.9. The summed E-state index contributed by atoms with van der Waals surface area (Å²) in [6.07, 6.45) is -1.87. The van der Waals surface area contributed by atoms with E-state index in [9.17, 15) is 17.2 Å². The van der Waals surface area contributed by atoms with E-state index < -0.39 is 26.9 Å². The number of primary sulfonamides is 1. The Morgan fingerprint density at radius 2 is 2.07 bits per heavy atom. The third-order valence-electron chi connectivity index (χ3n) is 1.43. The molecule has 0 saturated heterocycles. The van der Waals surface area contributed by atoms with Crippen LogP contribution in [0.1, 0.15) is 12.0 Å². The molecular formula is C6H5BrF2N2O2S. The van der Waals surface area contributed by atoms with E-state index in [4.69, 9.17) is 5.14 Å². The summed E-state index contributed by atoms with van der Waals surface area (Å²) in [5, 5.41) is 4.75. The van der Waals surface area contributed by atoms with Gasteiger partial charge in [-0.25, -0.2) is 27.3 Å². The lowest BCUT2D eigenvalue weighted by Gasteiger charge is -2.07. The number of hydrogen-bond acceptors (Lipinski definition) is 3. The summed E-state index contributed by atoms with van der Waals surface area (Å²) < 4.78 is 46.4. The molecule has 0 aliphatic rings. The maximum atomic E-state index is 12.4. The number of nitrogens with two attached hydrogens (primary N) is 1. The predicted molar refractivity (Wildman–Crippen MR) is 48.3 cm³/mol. The SMILES string of the molecule is NS(=O)(=O)c1ccnc(Br)c1C(F)F. The van der Waals surface area contributed by atoms with Crippen molar-refractivity contribution in [2.45, 2.75) is 11.3 Å². The highest BCUT2D eigenvalue weighted by atomic mass is 79.9. The highest BCUT2D eigenvalue weighted by Gasteiger charge is 2.23. The maximum absolute atomic E-state index is 12.4. The van der Waals surface area contributed by atoms with Crippen molar-refractivity contribution in [3.8, 4) is 0 Å². The summed E-state index contributed by atoms with van der Waals surface area (Å²) in [7, 11) is -4.15. The molecule has 8 heteroatoms. The van der Waals surface area contributed by atoms with Crippen LogP contribution < -0.4 is 5.14 Å². The Morgan fingerprint density at radius 1 is 1.50 bits per heavy atom. The molecule has 0 amide bonds. The van der Waals surface area contributed by atoms with E-state index in [2.05, 4.69) is 20.9 Å². The van der Waals surface area contributed by atoms with Gasteiger partial charge in [0.25, 0.3) is 6.43 Å². The Bertz CT molecular complexity index is 449. The van der Waals surface area contributed by atoms with Crippen molar-refractivity contribution < 1.29 is 17.2 Å². The quantitative estimate of drug-likeness (QED) is 0.836. The molecule has 4 nitrogen and oxygen atoms in total. The highest BCUT2D eigenvalue weighted by molar-refractivity contribution is 9.10. The molecule has 0 radical (unpaired) electrons. The average Bonchev–Trinajstić information content (AvgIpc) is 2.01. The van der Waals surface area contributed by atoms with Gasteiger partial charge in [0.05, 0.1) is 10.5 Å². The second kappa shape index (κ2) is 3.87. The Morgan fingerprint density at radius 3 is 2.43 bits per heavy atom. The van der Waals surface area contributed by atoms with E-state index in [1.54, 1.807) is 0 Å². The molecule has 1 rings (SSSR count). The van der Waals surface area contributed by atoms with Crippen LogP contribution in [-0.4, -0.2) is 13.4 Å². The fraction of sp³-hybridized carbons (Fsp3) is 0.167. The van der Waals surface area contributed by atoms with Gasteiger partial charge in [-0.05, 0) is 22.0 Å². The predicted octanol–water partition coefficient (Wildman–Crippen LogP) is 1.43. The lowest BCUT2D eigenvalue weighted by atomic mass is 10.3. The lowest BCUT2D eigenvalue weighted by Crippen LogP contribution is -2.15. The van der Waals surface area contributed by atoms with E-state index in [1.807, 2.05) is 0 Å². The molecule has 0 aliphatic carbocycles. The number of sulfonamides is 1. The molecule has 78 valence electrons. The molecule has 0 fully saturated rings. The van der Waals surface area contributed by atoms with E-state index in [1.165, 1.54) is 0 Å². The van der Waals surface area contributed by atoms with Crippen LogP contribution in [0.25, 0.3) is 0 Å². The van der Waals surface area contributed by atoms with Crippen molar-refractivity contribution in [3.05, 3.63) is 22.4 Å². The van der Waals surface area contributed by atoms with Gasteiger partial charge in [0.15, 0.2) is 0 Å². The van der Waals surface area contributed by atoms with Gasteiger partial charge >= 0.3 is 0 Å². The van der Waals surface area contributed by atoms with Crippen molar-refractivity contribution in [1.82, 2.24) is 4.98 Å². The highest BCUT2D eigenvalue weighted by Crippen LogP contribution is 2.30. The smallest absolute Gasteiger partial charge is 0.249 e. The molecule has 0 aromatic carbocycles. The van der Waals surface area contributed by atoms with Gasteiger partial charge in [-0.15, -0.1) is 0 Å². The zero-order valence-electron chi connectivity index (χ0n) is 6.62. The van der Waals surface area contributed by atoms with Crippen molar-refractivity contribution in [2.75, 3.05) is 0 Å². The monoisotopic (exact) mass is 286 g/mol. The summed E-state index contributed by atoms with van der Waals surface area (Å²) in [6, 6.07) is 0.932. The Labute approximate surface area is 87.3 Å². The second-order valence-electron chi connectivity index (χ2n) is 2.36. The first-order valence-corrected chi connectivity index (χ1v) is 5.63. The minimum atomic E-state index is -4.15. The first kappa shape index (κ1) is 11.5. The molecule has 0 bridgehead atoms. The zero-order valence-corrected chi connectivity index (χ0v) is 9.02. The van der Waals surface area contributed by atoms with Gasteiger partial charge in [-0.2, -0.15) is 0 Å². The summed E-state index contributed by atoms with van der Waals surface area (Å²) in [6.45, 7) is 0. The molecular weight excluding hydrogens is 282 g/mol. The third kappa shape index (κ3) is 2.25. The standard InChI is InChI=1S/C6H5BrF2N2O2S/c7-5-4(6(8)9)3(1-2-11-5)14(10,12)13/h1-2,6H,(H2,10,12,13). The van der Waals surface area contributed by atoms with Gasteiger partial charge < -0.3 is 0 Å². The largest absolute Gasteiger partial charge is 0.267 e. The first-order valence-electron chi connectivity index (χ1n) is 3.29. The number of halogens is 3. The molecule has 0 unspecified atom stereocenters. The minimum Gasteiger partial charge on any atom is -0.249 e.